The molecule has 0 N–H and O–H groups in total. The molecular weight excluding hydrogens is 258 g/mol. The number of piperidine rings is 1. The van der Waals surface area contributed by atoms with Crippen LogP contribution >= 0.6 is 0 Å². The van der Waals surface area contributed by atoms with Gasteiger partial charge in [0.15, 0.2) is 11.2 Å². The lowest BCUT2D eigenvalue weighted by molar-refractivity contribution is -0.170. The highest BCUT2D eigenvalue weighted by Crippen LogP contribution is 2.58. The minimum absolute atomic E-state index is 0.00488. The minimum Gasteiger partial charge on any atom is -0.468 e. The van der Waals surface area contributed by atoms with Crippen molar-refractivity contribution in [3.05, 3.63) is 0 Å². The van der Waals surface area contributed by atoms with Crippen LogP contribution in [0.3, 0.4) is 0 Å². The van der Waals surface area contributed by atoms with E-state index in [1.54, 1.807) is 4.90 Å². The number of methoxy groups -OCH3 is 1. The Morgan fingerprint density at radius 2 is 2.15 bits per heavy atom. The molecule has 0 radical (unpaired) electrons. The van der Waals surface area contributed by atoms with Crippen LogP contribution < -0.4 is 0 Å². The lowest BCUT2D eigenvalue weighted by Gasteiger charge is -2.54. The molecule has 1 aliphatic carbocycles. The topological polar surface area (TPSA) is 63.7 Å². The van der Waals surface area contributed by atoms with E-state index in [1.807, 2.05) is 0 Å². The summed E-state index contributed by atoms with van der Waals surface area (Å²) >= 11 is 0. The number of Topliss-reactive ketones (excluding diaryl/α,β-unsaturated/α-hetero) is 1. The number of ketones is 1. The Labute approximate surface area is 118 Å². The number of hydrogen-bond donors (Lipinski definition) is 0. The Morgan fingerprint density at radius 3 is 2.80 bits per heavy atom. The zero-order valence-corrected chi connectivity index (χ0v) is 12.1. The number of ether oxygens (including phenoxy) is 1. The number of hydrogen-bond acceptors (Lipinski definition) is 4. The minimum atomic E-state index is -1.24. The van der Waals surface area contributed by atoms with Crippen LogP contribution in [0.25, 0.3) is 0 Å². The van der Waals surface area contributed by atoms with Crippen LogP contribution in [0.1, 0.15) is 45.4 Å². The maximum Gasteiger partial charge on any atom is 0.322 e. The third kappa shape index (κ3) is 1.41. The molecule has 3 atom stereocenters. The summed E-state index contributed by atoms with van der Waals surface area (Å²) < 4.78 is 4.93. The predicted molar refractivity (Wildman–Crippen MR) is 70.8 cm³/mol. The van der Waals surface area contributed by atoms with E-state index in [9.17, 15) is 14.4 Å². The van der Waals surface area contributed by atoms with E-state index in [4.69, 9.17) is 4.74 Å². The molecule has 20 heavy (non-hydrogen) atoms. The van der Waals surface area contributed by atoms with E-state index in [1.165, 1.54) is 7.11 Å². The summed E-state index contributed by atoms with van der Waals surface area (Å²) in [5.74, 6) is -0.674. The second kappa shape index (κ2) is 4.30. The van der Waals surface area contributed by atoms with Crippen molar-refractivity contribution in [3.8, 4) is 0 Å². The first kappa shape index (κ1) is 13.6. The van der Waals surface area contributed by atoms with Crippen LogP contribution in [0.5, 0.6) is 0 Å². The molecule has 0 bridgehead atoms. The molecule has 2 aliphatic heterocycles. The Kier molecular flexibility index (Phi) is 2.92. The van der Waals surface area contributed by atoms with Gasteiger partial charge in [-0.3, -0.25) is 14.4 Å². The highest BCUT2D eigenvalue weighted by Gasteiger charge is 2.70. The lowest BCUT2D eigenvalue weighted by Crippen LogP contribution is -2.63. The van der Waals surface area contributed by atoms with E-state index < -0.39 is 11.4 Å². The molecule has 1 amide bonds. The average Bonchev–Trinajstić information content (AvgIpc) is 2.79. The number of rotatable bonds is 2. The summed E-state index contributed by atoms with van der Waals surface area (Å²) in [6.07, 6.45) is 4.03. The first-order chi connectivity index (χ1) is 9.51. The maximum absolute atomic E-state index is 12.6. The van der Waals surface area contributed by atoms with Crippen LogP contribution in [0.4, 0.5) is 0 Å². The van der Waals surface area contributed by atoms with Crippen LogP contribution in [0.2, 0.25) is 0 Å². The molecule has 3 fully saturated rings. The first-order valence-corrected chi connectivity index (χ1v) is 7.43. The summed E-state index contributed by atoms with van der Waals surface area (Å²) in [5.41, 5.74) is -1.33. The third-order valence-corrected chi connectivity index (χ3v) is 5.78. The molecule has 1 saturated carbocycles. The summed E-state index contributed by atoms with van der Waals surface area (Å²) in [6, 6.07) is -0.282. The van der Waals surface area contributed by atoms with Crippen molar-refractivity contribution in [1.29, 1.82) is 0 Å². The second-order valence-corrected chi connectivity index (χ2v) is 6.37. The van der Waals surface area contributed by atoms with Gasteiger partial charge in [0.25, 0.3) is 0 Å². The molecule has 0 aromatic rings. The van der Waals surface area contributed by atoms with E-state index in [0.717, 1.165) is 25.7 Å². The molecule has 0 aromatic carbocycles. The molecule has 2 heterocycles. The van der Waals surface area contributed by atoms with Crippen molar-refractivity contribution in [3.63, 3.8) is 0 Å². The Hall–Kier alpha value is -1.39. The molecule has 5 heteroatoms. The highest BCUT2D eigenvalue weighted by atomic mass is 16.5. The normalized spacial score (nSPS) is 39.7. The second-order valence-electron chi connectivity index (χ2n) is 6.37. The zero-order valence-electron chi connectivity index (χ0n) is 12.1. The maximum atomic E-state index is 12.6. The van der Waals surface area contributed by atoms with Crippen LogP contribution in [-0.4, -0.2) is 42.3 Å². The number of amides is 1. The molecular formula is C15H21NO4. The van der Waals surface area contributed by atoms with Gasteiger partial charge in [0.05, 0.1) is 19.6 Å². The third-order valence-electron chi connectivity index (χ3n) is 5.78. The van der Waals surface area contributed by atoms with Gasteiger partial charge in [-0.1, -0.05) is 6.92 Å². The molecule has 2 saturated heterocycles. The summed E-state index contributed by atoms with van der Waals surface area (Å²) in [6.45, 7) is 2.77. The fourth-order valence-electron chi connectivity index (χ4n) is 4.82. The fraction of sp³-hybridized carbons (Fsp3) is 0.800. The van der Waals surface area contributed by atoms with E-state index >= 15 is 0 Å². The van der Waals surface area contributed by atoms with Crippen LogP contribution in [0, 0.1) is 10.8 Å². The lowest BCUT2D eigenvalue weighted by atomic mass is 9.54. The van der Waals surface area contributed by atoms with Crippen molar-refractivity contribution < 1.29 is 19.1 Å². The van der Waals surface area contributed by atoms with Crippen molar-refractivity contribution >= 4 is 17.7 Å². The molecule has 0 unspecified atom stereocenters. The predicted octanol–water partition coefficient (Wildman–Crippen LogP) is 1.30. The largest absolute Gasteiger partial charge is 0.468 e. The van der Waals surface area contributed by atoms with Gasteiger partial charge in [0, 0.05) is 13.0 Å². The fourth-order valence-corrected chi connectivity index (χ4v) is 4.82. The number of nitrogens with zero attached hydrogens (tertiary/aromatic N) is 1. The van der Waals surface area contributed by atoms with Gasteiger partial charge >= 0.3 is 5.97 Å². The van der Waals surface area contributed by atoms with Gasteiger partial charge in [-0.05, 0) is 31.1 Å². The van der Waals surface area contributed by atoms with Gasteiger partial charge in [-0.2, -0.15) is 0 Å². The van der Waals surface area contributed by atoms with Crippen LogP contribution in [0.15, 0.2) is 0 Å². The highest BCUT2D eigenvalue weighted by molar-refractivity contribution is 6.10. The quantitative estimate of drug-likeness (QED) is 0.564. The van der Waals surface area contributed by atoms with Gasteiger partial charge in [0.2, 0.25) is 5.91 Å². The number of esters is 1. The van der Waals surface area contributed by atoms with E-state index in [-0.39, 0.29) is 29.6 Å². The smallest absolute Gasteiger partial charge is 0.322 e. The van der Waals surface area contributed by atoms with Gasteiger partial charge in [0.1, 0.15) is 0 Å². The monoisotopic (exact) mass is 279 g/mol. The summed E-state index contributed by atoms with van der Waals surface area (Å²) in [7, 11) is 1.31. The van der Waals surface area contributed by atoms with Crippen molar-refractivity contribution in [1.82, 2.24) is 4.90 Å². The summed E-state index contributed by atoms with van der Waals surface area (Å²) in [4.78, 5) is 39.1. The molecule has 3 aliphatic rings. The Bertz CT molecular complexity index is 478. The van der Waals surface area contributed by atoms with Crippen molar-refractivity contribution in [2.24, 2.45) is 10.8 Å². The molecule has 110 valence electrons. The molecule has 3 rings (SSSR count). The van der Waals surface area contributed by atoms with Crippen molar-refractivity contribution in [2.75, 3.05) is 13.7 Å². The Balaban J connectivity index is 2.17. The van der Waals surface area contributed by atoms with E-state index in [2.05, 4.69) is 6.92 Å². The molecule has 0 spiro atoms. The molecule has 5 nitrogen and oxygen atoms in total. The average molecular weight is 279 g/mol. The van der Waals surface area contributed by atoms with Crippen LogP contribution in [-0.2, 0) is 19.1 Å². The number of carbonyl (C=O) groups excluding carboxylic acids is 3. The van der Waals surface area contributed by atoms with Gasteiger partial charge in [-0.25, -0.2) is 0 Å². The van der Waals surface area contributed by atoms with Crippen molar-refractivity contribution in [2.45, 2.75) is 51.5 Å². The standard InChI is InChI=1S/C15H21NO4/c1-3-14-6-4-8-16-11(18)9-15(12(14)16,13(19)20-2)10(17)5-7-14/h12H,3-9H2,1-2H3/t12-,14-,15-/m1/s1. The van der Waals surface area contributed by atoms with E-state index in [0.29, 0.717) is 13.0 Å². The first-order valence-electron chi connectivity index (χ1n) is 7.43. The number of carbonyl (C=O) groups is 3. The SMILES string of the molecule is CC[C@@]12CCCN3C(=O)C[C@@](C(=O)OC)(C(=O)CC1)[C@H]32. The molecule has 0 aromatic heterocycles. The zero-order chi connectivity index (χ0) is 14.5. The summed E-state index contributed by atoms with van der Waals surface area (Å²) in [5, 5.41) is 0. The van der Waals surface area contributed by atoms with Gasteiger partial charge in [-0.15, -0.1) is 0 Å². The van der Waals surface area contributed by atoms with Gasteiger partial charge < -0.3 is 9.64 Å². The Morgan fingerprint density at radius 1 is 1.40 bits per heavy atom.